The summed E-state index contributed by atoms with van der Waals surface area (Å²) in [6.45, 7) is 5.84. The lowest BCUT2D eigenvalue weighted by Crippen LogP contribution is -2.27. The first-order valence-corrected chi connectivity index (χ1v) is 9.26. The van der Waals surface area contributed by atoms with Crippen molar-refractivity contribution in [3.8, 4) is 0 Å². The van der Waals surface area contributed by atoms with Gasteiger partial charge in [-0.1, -0.05) is 33.1 Å². The molecule has 0 bridgehead atoms. The molecule has 0 aromatic carbocycles. The first-order valence-electron chi connectivity index (χ1n) is 7.44. The smallest absolute Gasteiger partial charge is 0.151 e. The van der Waals surface area contributed by atoms with Crippen molar-refractivity contribution < 1.29 is 8.42 Å². The topological polar surface area (TPSA) is 46.2 Å². The molecule has 0 amide bonds. The Bertz CT molecular complexity index is 314. The molecule has 1 aliphatic carbocycles. The Kier molecular flexibility index (Phi) is 7.23. The van der Waals surface area contributed by atoms with Gasteiger partial charge in [-0.3, -0.25) is 0 Å². The van der Waals surface area contributed by atoms with Gasteiger partial charge in [-0.05, 0) is 37.6 Å². The Balaban J connectivity index is 2.05. The maximum absolute atomic E-state index is 11.5. The molecule has 0 heterocycles. The van der Waals surface area contributed by atoms with E-state index in [9.17, 15) is 8.42 Å². The molecule has 0 aromatic heterocycles. The molecule has 108 valence electrons. The van der Waals surface area contributed by atoms with Gasteiger partial charge < -0.3 is 5.32 Å². The van der Waals surface area contributed by atoms with Crippen LogP contribution in [0.2, 0.25) is 0 Å². The number of hydrogen-bond acceptors (Lipinski definition) is 3. The summed E-state index contributed by atoms with van der Waals surface area (Å²) in [6.07, 6.45) is 7.41. The second-order valence-corrected chi connectivity index (χ2v) is 8.13. The van der Waals surface area contributed by atoms with E-state index < -0.39 is 9.84 Å². The third kappa shape index (κ3) is 6.74. The predicted octanol–water partition coefficient (Wildman–Crippen LogP) is 2.62. The fraction of sp³-hybridized carbons (Fsp3) is 1.00. The Morgan fingerprint density at radius 1 is 1.17 bits per heavy atom. The van der Waals surface area contributed by atoms with Crippen LogP contribution in [0.15, 0.2) is 0 Å². The van der Waals surface area contributed by atoms with Crippen LogP contribution in [0.3, 0.4) is 0 Å². The highest BCUT2D eigenvalue weighted by Crippen LogP contribution is 2.30. The summed E-state index contributed by atoms with van der Waals surface area (Å²) in [4.78, 5) is 0. The maximum atomic E-state index is 11.5. The van der Waals surface area contributed by atoms with Gasteiger partial charge in [0, 0.05) is 12.3 Å². The van der Waals surface area contributed by atoms with Gasteiger partial charge in [-0.15, -0.1) is 0 Å². The van der Waals surface area contributed by atoms with Crippen LogP contribution in [0.1, 0.15) is 52.4 Å². The zero-order chi connectivity index (χ0) is 13.4. The van der Waals surface area contributed by atoms with E-state index in [1.54, 1.807) is 0 Å². The highest BCUT2D eigenvalue weighted by Gasteiger charge is 2.18. The van der Waals surface area contributed by atoms with Gasteiger partial charge in [0.05, 0.1) is 5.75 Å². The van der Waals surface area contributed by atoms with Gasteiger partial charge in [-0.2, -0.15) is 0 Å². The van der Waals surface area contributed by atoms with Crippen molar-refractivity contribution in [1.29, 1.82) is 0 Å². The van der Waals surface area contributed by atoms with Crippen molar-refractivity contribution in [2.75, 3.05) is 24.6 Å². The van der Waals surface area contributed by atoms with Crippen molar-refractivity contribution in [3.63, 3.8) is 0 Å². The molecule has 2 atom stereocenters. The highest BCUT2D eigenvalue weighted by atomic mass is 32.2. The van der Waals surface area contributed by atoms with Gasteiger partial charge >= 0.3 is 0 Å². The molecule has 2 unspecified atom stereocenters. The van der Waals surface area contributed by atoms with Crippen molar-refractivity contribution in [1.82, 2.24) is 5.32 Å². The van der Waals surface area contributed by atoms with Crippen molar-refractivity contribution in [2.45, 2.75) is 52.4 Å². The van der Waals surface area contributed by atoms with Gasteiger partial charge in [0.25, 0.3) is 0 Å². The second-order valence-electron chi connectivity index (χ2n) is 5.83. The molecule has 1 rings (SSSR count). The third-order valence-corrected chi connectivity index (χ3v) is 5.74. The van der Waals surface area contributed by atoms with E-state index in [1.165, 1.54) is 32.1 Å². The SMILES string of the molecule is CCCS(=O)(=O)CCNCCC1CCCC(C)C1. The molecule has 0 radical (unpaired) electrons. The van der Waals surface area contributed by atoms with E-state index in [0.717, 1.165) is 24.8 Å². The van der Waals surface area contributed by atoms with Crippen molar-refractivity contribution in [3.05, 3.63) is 0 Å². The molecule has 0 aliphatic heterocycles. The predicted molar refractivity (Wildman–Crippen MR) is 77.6 cm³/mol. The molecule has 1 aliphatic rings. The highest BCUT2D eigenvalue weighted by molar-refractivity contribution is 7.91. The summed E-state index contributed by atoms with van der Waals surface area (Å²) in [6, 6.07) is 0. The zero-order valence-corrected chi connectivity index (χ0v) is 12.8. The van der Waals surface area contributed by atoms with Gasteiger partial charge in [-0.25, -0.2) is 8.42 Å². The van der Waals surface area contributed by atoms with E-state index in [-0.39, 0.29) is 0 Å². The minimum atomic E-state index is -2.81. The molecule has 1 N–H and O–H groups in total. The van der Waals surface area contributed by atoms with Crippen LogP contribution in [0.25, 0.3) is 0 Å². The van der Waals surface area contributed by atoms with E-state index in [4.69, 9.17) is 0 Å². The molecular formula is C14H29NO2S. The average Bonchev–Trinajstić information content (AvgIpc) is 2.28. The lowest BCUT2D eigenvalue weighted by Gasteiger charge is -2.26. The second kappa shape index (κ2) is 8.16. The molecule has 3 nitrogen and oxygen atoms in total. The lowest BCUT2D eigenvalue weighted by atomic mass is 9.81. The average molecular weight is 275 g/mol. The summed E-state index contributed by atoms with van der Waals surface area (Å²) < 4.78 is 23.0. The van der Waals surface area contributed by atoms with E-state index >= 15 is 0 Å². The number of rotatable bonds is 8. The lowest BCUT2D eigenvalue weighted by molar-refractivity contribution is 0.268. The van der Waals surface area contributed by atoms with Crippen LogP contribution in [0, 0.1) is 11.8 Å². The van der Waals surface area contributed by atoms with E-state index in [0.29, 0.717) is 18.1 Å². The van der Waals surface area contributed by atoms with Crippen LogP contribution in [0.5, 0.6) is 0 Å². The molecule has 4 heteroatoms. The van der Waals surface area contributed by atoms with Crippen molar-refractivity contribution >= 4 is 9.84 Å². The Morgan fingerprint density at radius 2 is 1.94 bits per heavy atom. The Hall–Kier alpha value is -0.0900. The number of nitrogens with one attached hydrogen (secondary N) is 1. The van der Waals surface area contributed by atoms with Crippen LogP contribution in [-0.2, 0) is 9.84 Å². The Morgan fingerprint density at radius 3 is 2.61 bits per heavy atom. The normalized spacial score (nSPS) is 25.2. The van der Waals surface area contributed by atoms with Crippen LogP contribution in [0.4, 0.5) is 0 Å². The minimum absolute atomic E-state index is 0.294. The molecule has 1 saturated carbocycles. The standard InChI is InChI=1S/C14H29NO2S/c1-3-10-18(16,17)11-9-15-8-7-14-6-4-5-13(2)12-14/h13-15H,3-12H2,1-2H3. The van der Waals surface area contributed by atoms with Gasteiger partial charge in [0.1, 0.15) is 0 Å². The van der Waals surface area contributed by atoms with E-state index in [1.807, 2.05) is 6.92 Å². The molecule has 18 heavy (non-hydrogen) atoms. The third-order valence-electron chi connectivity index (χ3n) is 3.88. The summed E-state index contributed by atoms with van der Waals surface area (Å²) >= 11 is 0. The maximum Gasteiger partial charge on any atom is 0.151 e. The first-order chi connectivity index (χ1) is 8.53. The van der Waals surface area contributed by atoms with E-state index in [2.05, 4.69) is 12.2 Å². The van der Waals surface area contributed by atoms with Gasteiger partial charge in [0.2, 0.25) is 0 Å². The summed E-state index contributed by atoms with van der Waals surface area (Å²) in [5.41, 5.74) is 0. The summed E-state index contributed by atoms with van der Waals surface area (Å²) in [7, 11) is -2.81. The molecule has 0 spiro atoms. The molecule has 1 fully saturated rings. The van der Waals surface area contributed by atoms with Crippen molar-refractivity contribution in [2.24, 2.45) is 11.8 Å². The zero-order valence-electron chi connectivity index (χ0n) is 12.0. The fourth-order valence-electron chi connectivity index (χ4n) is 2.89. The minimum Gasteiger partial charge on any atom is -0.316 e. The monoisotopic (exact) mass is 275 g/mol. The summed E-state index contributed by atoms with van der Waals surface area (Å²) in [5.74, 6) is 2.36. The number of sulfone groups is 1. The first kappa shape index (κ1) is 16.0. The molecule has 0 aromatic rings. The number of hydrogen-bond donors (Lipinski definition) is 1. The van der Waals surface area contributed by atoms with Gasteiger partial charge in [0.15, 0.2) is 9.84 Å². The van der Waals surface area contributed by atoms with Crippen LogP contribution < -0.4 is 5.32 Å². The van der Waals surface area contributed by atoms with Crippen LogP contribution >= 0.6 is 0 Å². The largest absolute Gasteiger partial charge is 0.316 e. The quantitative estimate of drug-likeness (QED) is 0.693. The molecular weight excluding hydrogens is 246 g/mol. The summed E-state index contributed by atoms with van der Waals surface area (Å²) in [5, 5.41) is 3.28. The van der Waals surface area contributed by atoms with Crippen LogP contribution in [-0.4, -0.2) is 33.0 Å². The Labute approximate surface area is 113 Å². The fourth-order valence-corrected chi connectivity index (χ4v) is 4.18. The molecule has 0 saturated heterocycles.